The van der Waals surface area contributed by atoms with Crippen molar-refractivity contribution in [3.63, 3.8) is 0 Å². The molecule has 3 N–H and O–H groups in total. The normalized spacial score (nSPS) is 10.1. The number of halogens is 2. The van der Waals surface area contributed by atoms with E-state index in [-0.39, 0.29) is 10.7 Å². The van der Waals surface area contributed by atoms with Crippen molar-refractivity contribution in [2.75, 3.05) is 13.1 Å². The minimum atomic E-state index is -0.594. The Morgan fingerprint density at radius 2 is 2.40 bits per heavy atom. The summed E-state index contributed by atoms with van der Waals surface area (Å²) in [6, 6.07) is 1.05. The molecule has 0 fully saturated rings. The Morgan fingerprint density at radius 3 is 3.07 bits per heavy atom. The number of carbonyl (C=O) groups is 1. The third-order valence-corrected chi connectivity index (χ3v) is 2.02. The molecule has 0 saturated heterocycles. The molecule has 15 heavy (non-hydrogen) atoms. The summed E-state index contributed by atoms with van der Waals surface area (Å²) < 4.78 is 12.8. The number of nitrogens with one attached hydrogen (secondary N) is 1. The van der Waals surface area contributed by atoms with Gasteiger partial charge in [-0.2, -0.15) is 0 Å². The number of hydrogen-bond donors (Lipinski definition) is 2. The van der Waals surface area contributed by atoms with Crippen molar-refractivity contribution in [1.29, 1.82) is 0 Å². The van der Waals surface area contributed by atoms with Crippen molar-refractivity contribution < 1.29 is 9.18 Å². The summed E-state index contributed by atoms with van der Waals surface area (Å²) in [6.45, 7) is 0.914. The van der Waals surface area contributed by atoms with Gasteiger partial charge in [0.25, 0.3) is 5.91 Å². The summed E-state index contributed by atoms with van der Waals surface area (Å²) in [7, 11) is 0. The highest BCUT2D eigenvalue weighted by molar-refractivity contribution is 6.32. The van der Waals surface area contributed by atoms with Gasteiger partial charge in [0.15, 0.2) is 0 Å². The van der Waals surface area contributed by atoms with Crippen LogP contribution in [0.1, 0.15) is 16.8 Å². The molecular weight excluding hydrogens is 221 g/mol. The molecule has 0 saturated carbocycles. The fourth-order valence-electron chi connectivity index (χ4n) is 0.981. The van der Waals surface area contributed by atoms with Gasteiger partial charge in [-0.05, 0) is 19.0 Å². The van der Waals surface area contributed by atoms with Crippen LogP contribution in [-0.2, 0) is 0 Å². The van der Waals surface area contributed by atoms with E-state index >= 15 is 0 Å². The first-order chi connectivity index (χ1) is 7.15. The first-order valence-electron chi connectivity index (χ1n) is 4.44. The van der Waals surface area contributed by atoms with Gasteiger partial charge in [-0.25, -0.2) is 9.37 Å². The molecule has 0 aliphatic rings. The Bertz CT molecular complexity index is 359. The van der Waals surface area contributed by atoms with Crippen molar-refractivity contribution in [1.82, 2.24) is 10.3 Å². The van der Waals surface area contributed by atoms with Crippen LogP contribution in [0.5, 0.6) is 0 Å². The van der Waals surface area contributed by atoms with Gasteiger partial charge >= 0.3 is 0 Å². The van der Waals surface area contributed by atoms with Crippen LogP contribution in [0.4, 0.5) is 4.39 Å². The molecule has 0 aliphatic carbocycles. The molecule has 1 aromatic rings. The van der Waals surface area contributed by atoms with E-state index in [4.69, 9.17) is 17.3 Å². The maximum Gasteiger partial charge on any atom is 0.254 e. The summed E-state index contributed by atoms with van der Waals surface area (Å²) in [5, 5.41) is 2.55. The zero-order valence-corrected chi connectivity index (χ0v) is 8.72. The zero-order valence-electron chi connectivity index (χ0n) is 7.96. The minimum absolute atomic E-state index is 0.0124. The third kappa shape index (κ3) is 3.45. The Balaban J connectivity index is 2.68. The largest absolute Gasteiger partial charge is 0.352 e. The monoisotopic (exact) mass is 231 g/mol. The third-order valence-electron chi connectivity index (χ3n) is 1.72. The molecule has 82 valence electrons. The number of hydrogen-bond acceptors (Lipinski definition) is 3. The quantitative estimate of drug-likeness (QED) is 0.599. The van der Waals surface area contributed by atoms with Crippen LogP contribution >= 0.6 is 11.6 Å². The van der Waals surface area contributed by atoms with Crippen LogP contribution in [0.25, 0.3) is 0 Å². The number of pyridine rings is 1. The molecule has 1 rings (SSSR count). The summed E-state index contributed by atoms with van der Waals surface area (Å²) >= 11 is 5.64. The second-order valence-corrected chi connectivity index (χ2v) is 3.25. The molecule has 0 atom stereocenters. The predicted molar refractivity (Wildman–Crippen MR) is 55.2 cm³/mol. The van der Waals surface area contributed by atoms with E-state index in [9.17, 15) is 9.18 Å². The van der Waals surface area contributed by atoms with Crippen molar-refractivity contribution in [3.05, 3.63) is 28.8 Å². The van der Waals surface area contributed by atoms with Gasteiger partial charge < -0.3 is 11.1 Å². The van der Waals surface area contributed by atoms with Crippen LogP contribution in [0.15, 0.2) is 12.3 Å². The standard InChI is InChI=1S/C9H11ClFN3O/c10-8-7(4-6(11)5-14-8)9(15)13-3-1-2-12/h4-5H,1-3,12H2,(H,13,15). The average molecular weight is 232 g/mol. The van der Waals surface area contributed by atoms with Crippen LogP contribution in [-0.4, -0.2) is 24.0 Å². The highest BCUT2D eigenvalue weighted by Gasteiger charge is 2.11. The highest BCUT2D eigenvalue weighted by Crippen LogP contribution is 2.13. The van der Waals surface area contributed by atoms with Crippen molar-refractivity contribution in [3.8, 4) is 0 Å². The lowest BCUT2D eigenvalue weighted by atomic mass is 10.2. The molecule has 0 aromatic carbocycles. The molecule has 0 bridgehead atoms. The van der Waals surface area contributed by atoms with Crippen LogP contribution in [0.3, 0.4) is 0 Å². The Kier molecular flexibility index (Phi) is 4.45. The van der Waals surface area contributed by atoms with Gasteiger partial charge in [0.05, 0.1) is 11.8 Å². The van der Waals surface area contributed by atoms with E-state index in [1.807, 2.05) is 0 Å². The van der Waals surface area contributed by atoms with E-state index in [0.29, 0.717) is 19.5 Å². The molecule has 0 unspecified atom stereocenters. The van der Waals surface area contributed by atoms with E-state index in [1.165, 1.54) is 0 Å². The smallest absolute Gasteiger partial charge is 0.254 e. The number of rotatable bonds is 4. The van der Waals surface area contributed by atoms with Gasteiger partial charge in [-0.1, -0.05) is 11.6 Å². The topological polar surface area (TPSA) is 68.0 Å². The van der Waals surface area contributed by atoms with Crippen molar-refractivity contribution in [2.24, 2.45) is 5.73 Å². The minimum Gasteiger partial charge on any atom is -0.352 e. The molecule has 0 spiro atoms. The number of nitrogens with two attached hydrogens (primary N) is 1. The molecule has 0 aliphatic heterocycles. The van der Waals surface area contributed by atoms with Gasteiger partial charge in [-0.3, -0.25) is 4.79 Å². The maximum absolute atomic E-state index is 12.8. The number of amides is 1. The van der Waals surface area contributed by atoms with Crippen molar-refractivity contribution >= 4 is 17.5 Å². The van der Waals surface area contributed by atoms with E-state index in [1.54, 1.807) is 0 Å². The van der Waals surface area contributed by atoms with E-state index in [0.717, 1.165) is 12.3 Å². The van der Waals surface area contributed by atoms with E-state index < -0.39 is 11.7 Å². The SMILES string of the molecule is NCCCNC(=O)c1cc(F)cnc1Cl. The molecule has 0 radical (unpaired) electrons. The summed E-state index contributed by atoms with van der Waals surface area (Å²) in [4.78, 5) is 15.0. The second-order valence-electron chi connectivity index (χ2n) is 2.89. The Morgan fingerprint density at radius 1 is 1.67 bits per heavy atom. The second kappa shape index (κ2) is 5.63. The highest BCUT2D eigenvalue weighted by atomic mass is 35.5. The summed E-state index contributed by atoms with van der Waals surface area (Å²) in [5.74, 6) is -1.04. The average Bonchev–Trinajstić information content (AvgIpc) is 2.22. The molecule has 1 amide bonds. The molecule has 4 nitrogen and oxygen atoms in total. The van der Waals surface area contributed by atoms with Crippen LogP contribution < -0.4 is 11.1 Å². The number of nitrogens with zero attached hydrogens (tertiary/aromatic N) is 1. The van der Waals surface area contributed by atoms with Gasteiger partial charge in [-0.15, -0.1) is 0 Å². The zero-order chi connectivity index (χ0) is 11.3. The summed E-state index contributed by atoms with van der Waals surface area (Å²) in [5.41, 5.74) is 5.29. The predicted octanol–water partition coefficient (Wildman–Crippen LogP) is 0.953. The van der Waals surface area contributed by atoms with Gasteiger partial charge in [0, 0.05) is 6.54 Å². The first-order valence-corrected chi connectivity index (χ1v) is 4.82. The summed E-state index contributed by atoms with van der Waals surface area (Å²) in [6.07, 6.45) is 1.62. The van der Waals surface area contributed by atoms with Crippen LogP contribution in [0, 0.1) is 5.82 Å². The maximum atomic E-state index is 12.8. The molecular formula is C9H11ClFN3O. The molecule has 1 aromatic heterocycles. The molecule has 1 heterocycles. The first kappa shape index (κ1) is 11.9. The molecule has 6 heteroatoms. The lowest BCUT2D eigenvalue weighted by molar-refractivity contribution is 0.0953. The Hall–Kier alpha value is -1.20. The van der Waals surface area contributed by atoms with Gasteiger partial charge in [0.1, 0.15) is 11.0 Å². The Labute approximate surface area is 91.6 Å². The number of carbonyl (C=O) groups excluding carboxylic acids is 1. The van der Waals surface area contributed by atoms with Crippen molar-refractivity contribution in [2.45, 2.75) is 6.42 Å². The lowest BCUT2D eigenvalue weighted by Gasteiger charge is -2.05. The number of aromatic nitrogens is 1. The fourth-order valence-corrected chi connectivity index (χ4v) is 1.17. The van der Waals surface area contributed by atoms with Crippen LogP contribution in [0.2, 0.25) is 5.15 Å². The van der Waals surface area contributed by atoms with E-state index in [2.05, 4.69) is 10.3 Å². The van der Waals surface area contributed by atoms with Gasteiger partial charge in [0.2, 0.25) is 0 Å². The fraction of sp³-hybridized carbons (Fsp3) is 0.333. The lowest BCUT2D eigenvalue weighted by Crippen LogP contribution is -2.26.